The minimum atomic E-state index is -1.04. The highest BCUT2D eigenvalue weighted by molar-refractivity contribution is 5.96. The molecule has 230 valence electrons. The van der Waals surface area contributed by atoms with Crippen molar-refractivity contribution in [2.45, 2.75) is 45.1 Å². The highest BCUT2D eigenvalue weighted by Crippen LogP contribution is 2.17. The number of amides is 1. The highest BCUT2D eigenvalue weighted by atomic mass is 16.4. The molecule has 3 aromatic carbocycles. The van der Waals surface area contributed by atoms with Crippen molar-refractivity contribution >= 4 is 22.6 Å². The first-order chi connectivity index (χ1) is 21.4. The molecule has 11 nitrogen and oxygen atoms in total. The van der Waals surface area contributed by atoms with Gasteiger partial charge < -0.3 is 36.3 Å². The van der Waals surface area contributed by atoms with Gasteiger partial charge in [-0.05, 0) is 53.4 Å². The second kappa shape index (κ2) is 16.7. The van der Waals surface area contributed by atoms with Crippen LogP contribution in [0, 0.1) is 0 Å². The van der Waals surface area contributed by atoms with Crippen LogP contribution in [0.4, 0.5) is 0 Å². The molecule has 0 fully saturated rings. The van der Waals surface area contributed by atoms with Gasteiger partial charge in [-0.2, -0.15) is 0 Å². The minimum Gasteiger partial charge on any atom is -0.480 e. The van der Waals surface area contributed by atoms with Crippen LogP contribution in [0.3, 0.4) is 0 Å². The van der Waals surface area contributed by atoms with E-state index in [9.17, 15) is 14.7 Å². The van der Waals surface area contributed by atoms with Gasteiger partial charge in [0.25, 0.3) is 5.91 Å². The van der Waals surface area contributed by atoms with Gasteiger partial charge in [0.1, 0.15) is 17.7 Å². The van der Waals surface area contributed by atoms with Gasteiger partial charge in [0, 0.05) is 50.5 Å². The van der Waals surface area contributed by atoms with E-state index in [-0.39, 0.29) is 0 Å². The molecule has 0 spiro atoms. The van der Waals surface area contributed by atoms with Crippen molar-refractivity contribution in [3.8, 4) is 0 Å². The molecule has 7 N–H and O–H groups in total. The Bertz CT molecular complexity index is 1590. The largest absolute Gasteiger partial charge is 0.480 e. The molecule has 0 aliphatic heterocycles. The molecule has 5 rings (SSSR count). The number of fused-ring (bicyclic) bond motifs is 1. The molecule has 0 saturated heterocycles. The number of nitrogens with one attached hydrogen (secondary N) is 4. The number of carboxylic acid groups (broad SMARTS) is 1. The summed E-state index contributed by atoms with van der Waals surface area (Å²) in [6.45, 7) is 3.10. The van der Waals surface area contributed by atoms with E-state index < -0.39 is 17.9 Å². The number of carboxylic acids is 1. The van der Waals surface area contributed by atoms with Gasteiger partial charge in [0.15, 0.2) is 0 Å². The summed E-state index contributed by atoms with van der Waals surface area (Å²) in [4.78, 5) is 35.4. The lowest BCUT2D eigenvalue weighted by molar-refractivity contribution is -0.139. The van der Waals surface area contributed by atoms with Crippen molar-refractivity contribution in [3.63, 3.8) is 0 Å². The molecular formula is C33H40N8O3. The van der Waals surface area contributed by atoms with Crippen LogP contribution in [0.2, 0.25) is 0 Å². The number of aromatic amines is 1. The standard InChI is InChI=1S/C22H29N7O3.C11H11N/c1-29-12-11-27-20(29)15-24-13-16-4-6-17(7-5-16)21(30)28-18(22(31)32)3-2-8-23-14-19-25-9-10-26-19;12-8-10-6-3-5-9-4-1-2-7-11(9)10/h4-7,9-12,18,23-24H,2-3,8,13-15H2,1H3,(H,25,26)(H,28,30)(H,31,32);1-7H,8,12H2/t18-;/m0./s1. The van der Waals surface area contributed by atoms with Crippen molar-refractivity contribution in [2.75, 3.05) is 6.54 Å². The van der Waals surface area contributed by atoms with Crippen molar-refractivity contribution < 1.29 is 14.7 Å². The number of aryl methyl sites for hydroxylation is 1. The zero-order valence-electron chi connectivity index (χ0n) is 24.9. The van der Waals surface area contributed by atoms with Gasteiger partial charge in [-0.25, -0.2) is 14.8 Å². The summed E-state index contributed by atoms with van der Waals surface area (Å²) < 4.78 is 1.95. The Kier molecular flexibility index (Phi) is 12.2. The number of H-pyrrole nitrogens is 1. The number of rotatable bonds is 14. The summed E-state index contributed by atoms with van der Waals surface area (Å²) in [5, 5.41) is 21.1. The van der Waals surface area contributed by atoms with E-state index >= 15 is 0 Å². The van der Waals surface area contributed by atoms with Crippen LogP contribution in [0.25, 0.3) is 10.8 Å². The first-order valence-corrected chi connectivity index (χ1v) is 14.6. The smallest absolute Gasteiger partial charge is 0.326 e. The number of hydrogen-bond acceptors (Lipinski definition) is 7. The number of nitrogens with zero attached hydrogens (tertiary/aromatic N) is 3. The van der Waals surface area contributed by atoms with Gasteiger partial charge in [-0.15, -0.1) is 0 Å². The van der Waals surface area contributed by atoms with Crippen molar-refractivity contribution in [2.24, 2.45) is 12.8 Å². The fraction of sp³-hybridized carbons (Fsp3) is 0.273. The highest BCUT2D eigenvalue weighted by Gasteiger charge is 2.20. The molecule has 2 heterocycles. The molecular weight excluding hydrogens is 556 g/mol. The number of hydrogen-bond donors (Lipinski definition) is 6. The quantitative estimate of drug-likeness (QED) is 0.106. The zero-order valence-corrected chi connectivity index (χ0v) is 24.9. The summed E-state index contributed by atoms with van der Waals surface area (Å²) in [6.07, 6.45) is 8.02. The maximum atomic E-state index is 12.5. The zero-order chi connectivity index (χ0) is 31.1. The molecule has 1 amide bonds. The molecule has 0 saturated carbocycles. The van der Waals surface area contributed by atoms with Crippen LogP contribution in [-0.2, 0) is 38.0 Å². The van der Waals surface area contributed by atoms with Crippen LogP contribution < -0.4 is 21.7 Å². The van der Waals surface area contributed by atoms with Crippen molar-refractivity contribution in [1.29, 1.82) is 0 Å². The first-order valence-electron chi connectivity index (χ1n) is 14.6. The van der Waals surface area contributed by atoms with Gasteiger partial charge in [-0.1, -0.05) is 54.6 Å². The number of carbonyl (C=O) groups excluding carboxylic acids is 1. The predicted molar refractivity (Wildman–Crippen MR) is 170 cm³/mol. The molecule has 11 heteroatoms. The number of aliphatic carboxylic acids is 1. The number of carbonyl (C=O) groups is 2. The maximum Gasteiger partial charge on any atom is 0.326 e. The average Bonchev–Trinajstić information content (AvgIpc) is 3.72. The van der Waals surface area contributed by atoms with Gasteiger partial charge >= 0.3 is 5.97 Å². The fourth-order valence-electron chi connectivity index (χ4n) is 4.66. The van der Waals surface area contributed by atoms with Crippen LogP contribution in [0.5, 0.6) is 0 Å². The minimum absolute atomic E-state index is 0.335. The van der Waals surface area contributed by atoms with E-state index in [2.05, 4.69) is 55.2 Å². The van der Waals surface area contributed by atoms with Crippen molar-refractivity contribution in [1.82, 2.24) is 35.5 Å². The Morgan fingerprint density at radius 2 is 1.75 bits per heavy atom. The van der Waals surface area contributed by atoms with Crippen LogP contribution in [0.15, 0.2) is 91.5 Å². The monoisotopic (exact) mass is 596 g/mol. The van der Waals surface area contributed by atoms with Crippen LogP contribution in [-0.4, -0.2) is 49.1 Å². The predicted octanol–water partition coefficient (Wildman–Crippen LogP) is 3.48. The molecule has 0 radical (unpaired) electrons. The van der Waals surface area contributed by atoms with E-state index in [0.717, 1.165) is 17.2 Å². The van der Waals surface area contributed by atoms with Crippen molar-refractivity contribution in [3.05, 3.63) is 120 Å². The number of aromatic nitrogens is 4. The summed E-state index contributed by atoms with van der Waals surface area (Å²) in [5.74, 6) is 0.327. The second-order valence-electron chi connectivity index (χ2n) is 10.3. The van der Waals surface area contributed by atoms with Crippen LogP contribution >= 0.6 is 0 Å². The lowest BCUT2D eigenvalue weighted by atomic mass is 10.1. The first kappa shape index (κ1) is 32.1. The summed E-state index contributed by atoms with van der Waals surface area (Å²) in [5.41, 5.74) is 8.28. The third-order valence-electron chi connectivity index (χ3n) is 7.15. The summed E-state index contributed by atoms with van der Waals surface area (Å²) >= 11 is 0. The van der Waals surface area contributed by atoms with E-state index in [4.69, 9.17) is 5.73 Å². The second-order valence-corrected chi connectivity index (χ2v) is 10.3. The number of nitrogens with two attached hydrogens (primary N) is 1. The van der Waals surface area contributed by atoms with E-state index in [1.54, 1.807) is 30.7 Å². The van der Waals surface area contributed by atoms with Gasteiger partial charge in [0.2, 0.25) is 0 Å². The molecule has 1 atom stereocenters. The van der Waals surface area contributed by atoms with Gasteiger partial charge in [-0.3, -0.25) is 4.79 Å². The molecule has 44 heavy (non-hydrogen) atoms. The van der Waals surface area contributed by atoms with Crippen LogP contribution in [0.1, 0.15) is 46.0 Å². The molecule has 5 aromatic rings. The van der Waals surface area contributed by atoms with Gasteiger partial charge in [0.05, 0.1) is 13.1 Å². The maximum absolute atomic E-state index is 12.5. The summed E-state index contributed by atoms with van der Waals surface area (Å²) in [6, 6.07) is 20.7. The number of benzene rings is 3. The Morgan fingerprint density at radius 3 is 2.45 bits per heavy atom. The molecule has 0 unspecified atom stereocenters. The third-order valence-corrected chi connectivity index (χ3v) is 7.15. The molecule has 0 aliphatic rings. The van der Waals surface area contributed by atoms with E-state index in [1.807, 2.05) is 48.1 Å². The lowest BCUT2D eigenvalue weighted by Gasteiger charge is -2.15. The Morgan fingerprint density at radius 1 is 0.955 bits per heavy atom. The Labute approximate surface area is 256 Å². The SMILES string of the molecule is Cn1ccnc1CNCc1ccc(C(=O)N[C@@H](CCCNCc2ncc[nH]2)C(=O)O)cc1.NCc1cccc2ccccc12. The normalized spacial score (nSPS) is 11.5. The molecule has 2 aromatic heterocycles. The third kappa shape index (κ3) is 9.60. The summed E-state index contributed by atoms with van der Waals surface area (Å²) in [7, 11) is 1.94. The molecule has 0 bridgehead atoms. The molecule has 0 aliphatic carbocycles. The lowest BCUT2D eigenvalue weighted by Crippen LogP contribution is -2.41. The Hall–Kier alpha value is -4.84. The number of imidazole rings is 2. The average molecular weight is 597 g/mol. The Balaban J connectivity index is 0.000000305. The topological polar surface area (TPSA) is 163 Å². The van der Waals surface area contributed by atoms with E-state index in [0.29, 0.717) is 51.1 Å². The fourth-order valence-corrected chi connectivity index (χ4v) is 4.66. The van der Waals surface area contributed by atoms with E-state index in [1.165, 1.54) is 16.3 Å².